The van der Waals surface area contributed by atoms with Crippen molar-refractivity contribution in [3.05, 3.63) is 23.2 Å². The molecular weight excluding hydrogens is 192 g/mol. The normalized spacial score (nSPS) is 24.9. The summed E-state index contributed by atoms with van der Waals surface area (Å²) in [5.74, 6) is 0.889. The van der Waals surface area contributed by atoms with E-state index < -0.39 is 5.97 Å². The summed E-state index contributed by atoms with van der Waals surface area (Å²) in [4.78, 5) is 11.2. The summed E-state index contributed by atoms with van der Waals surface area (Å²) < 4.78 is 5.62. The second kappa shape index (κ2) is 3.72. The molecule has 0 saturated heterocycles. The lowest BCUT2D eigenvalue weighted by Gasteiger charge is -2.24. The third-order valence-corrected chi connectivity index (χ3v) is 3.24. The van der Waals surface area contributed by atoms with Crippen LogP contribution in [0.5, 0.6) is 0 Å². The van der Waals surface area contributed by atoms with E-state index in [1.807, 2.05) is 19.9 Å². The minimum absolute atomic E-state index is 0.206. The highest BCUT2D eigenvalue weighted by atomic mass is 16.4. The van der Waals surface area contributed by atoms with Crippen LogP contribution in [-0.2, 0) is 17.6 Å². The fraction of sp³-hybridized carbons (Fsp3) is 0.583. The summed E-state index contributed by atoms with van der Waals surface area (Å²) in [6.45, 7) is 4.02. The molecule has 0 saturated carbocycles. The minimum Gasteiger partial charge on any atom is -0.481 e. The third-order valence-electron chi connectivity index (χ3n) is 3.24. The molecule has 0 spiro atoms. The summed E-state index contributed by atoms with van der Waals surface area (Å²) in [7, 11) is 0. The van der Waals surface area contributed by atoms with Gasteiger partial charge in [0, 0.05) is 18.4 Å². The number of aryl methyl sites for hydroxylation is 2. The van der Waals surface area contributed by atoms with Crippen LogP contribution in [0.1, 0.15) is 43.3 Å². The first kappa shape index (κ1) is 10.3. The van der Waals surface area contributed by atoms with Gasteiger partial charge in [-0.15, -0.1) is 0 Å². The molecule has 0 amide bonds. The molecule has 0 fully saturated rings. The van der Waals surface area contributed by atoms with Gasteiger partial charge < -0.3 is 9.52 Å². The molecule has 1 aliphatic rings. The van der Waals surface area contributed by atoms with Gasteiger partial charge in [0.05, 0.1) is 5.92 Å². The van der Waals surface area contributed by atoms with Crippen molar-refractivity contribution in [2.75, 3.05) is 0 Å². The van der Waals surface area contributed by atoms with Crippen molar-refractivity contribution in [2.45, 2.75) is 39.0 Å². The number of hydrogen-bond donors (Lipinski definition) is 1. The van der Waals surface area contributed by atoms with Crippen LogP contribution >= 0.6 is 0 Å². The Morgan fingerprint density at radius 3 is 3.00 bits per heavy atom. The molecular formula is C12H16O3. The molecule has 2 unspecified atom stereocenters. The quantitative estimate of drug-likeness (QED) is 0.812. The Hall–Kier alpha value is -1.25. The lowest BCUT2D eigenvalue weighted by molar-refractivity contribution is -0.140. The molecule has 3 nitrogen and oxygen atoms in total. The zero-order chi connectivity index (χ0) is 11.0. The van der Waals surface area contributed by atoms with E-state index in [2.05, 4.69) is 0 Å². The Labute approximate surface area is 89.1 Å². The fourth-order valence-electron chi connectivity index (χ4n) is 2.34. The minimum atomic E-state index is -0.730. The molecule has 15 heavy (non-hydrogen) atoms. The fourth-order valence-corrected chi connectivity index (χ4v) is 2.34. The number of rotatable bonds is 2. The van der Waals surface area contributed by atoms with Gasteiger partial charge in [-0.3, -0.25) is 4.79 Å². The van der Waals surface area contributed by atoms with Gasteiger partial charge in [-0.2, -0.15) is 0 Å². The molecule has 0 radical (unpaired) electrons. The average Bonchev–Trinajstić information content (AvgIpc) is 2.59. The maximum absolute atomic E-state index is 11.2. The van der Waals surface area contributed by atoms with Crippen LogP contribution in [0.4, 0.5) is 0 Å². The maximum Gasteiger partial charge on any atom is 0.311 e. The topological polar surface area (TPSA) is 50.4 Å². The summed E-state index contributed by atoms with van der Waals surface area (Å²) in [6.07, 6.45) is 2.61. The first-order chi connectivity index (χ1) is 7.13. The van der Waals surface area contributed by atoms with E-state index in [1.54, 1.807) is 0 Å². The van der Waals surface area contributed by atoms with E-state index in [4.69, 9.17) is 4.42 Å². The van der Waals surface area contributed by atoms with Crippen molar-refractivity contribution in [1.29, 1.82) is 0 Å². The molecule has 1 N–H and O–H groups in total. The molecule has 3 heteroatoms. The molecule has 0 bridgehead atoms. The molecule has 82 valence electrons. The second-order valence-electron chi connectivity index (χ2n) is 4.28. The number of aliphatic carboxylic acids is 1. The number of carboxylic acid groups (broad SMARTS) is 1. The first-order valence-corrected chi connectivity index (χ1v) is 5.47. The van der Waals surface area contributed by atoms with Crippen LogP contribution in [-0.4, -0.2) is 11.1 Å². The second-order valence-corrected chi connectivity index (χ2v) is 4.28. The van der Waals surface area contributed by atoms with Crippen LogP contribution in [0, 0.1) is 5.92 Å². The first-order valence-electron chi connectivity index (χ1n) is 5.47. The van der Waals surface area contributed by atoms with E-state index in [1.165, 1.54) is 0 Å². The van der Waals surface area contributed by atoms with E-state index in [-0.39, 0.29) is 11.8 Å². The summed E-state index contributed by atoms with van der Waals surface area (Å²) >= 11 is 0. The van der Waals surface area contributed by atoms with E-state index in [9.17, 15) is 9.90 Å². The number of fused-ring (bicyclic) bond motifs is 1. The van der Waals surface area contributed by atoms with Gasteiger partial charge in [-0.1, -0.05) is 13.8 Å². The molecule has 2 atom stereocenters. The highest BCUT2D eigenvalue weighted by molar-refractivity contribution is 5.77. The smallest absolute Gasteiger partial charge is 0.311 e. The van der Waals surface area contributed by atoms with Crippen LogP contribution in [0.15, 0.2) is 10.5 Å². The van der Waals surface area contributed by atoms with Gasteiger partial charge in [0.1, 0.15) is 11.5 Å². The van der Waals surface area contributed by atoms with Gasteiger partial charge in [0.2, 0.25) is 0 Å². The Morgan fingerprint density at radius 1 is 1.67 bits per heavy atom. The van der Waals surface area contributed by atoms with Crippen LogP contribution in [0.25, 0.3) is 0 Å². The molecule has 1 aliphatic carbocycles. The Bertz CT molecular complexity index is 378. The lowest BCUT2D eigenvalue weighted by Crippen LogP contribution is -2.24. The highest BCUT2D eigenvalue weighted by Crippen LogP contribution is 2.38. The van der Waals surface area contributed by atoms with E-state index >= 15 is 0 Å². The summed E-state index contributed by atoms with van der Waals surface area (Å²) in [5, 5.41) is 9.20. The van der Waals surface area contributed by atoms with Crippen molar-refractivity contribution >= 4 is 5.97 Å². The largest absolute Gasteiger partial charge is 0.481 e. The van der Waals surface area contributed by atoms with Crippen molar-refractivity contribution in [3.8, 4) is 0 Å². The molecule has 1 aromatic heterocycles. The van der Waals surface area contributed by atoms with Gasteiger partial charge in [-0.05, 0) is 18.4 Å². The molecule has 1 heterocycles. The molecule has 1 aromatic rings. The lowest BCUT2D eigenvalue weighted by atomic mass is 9.79. The zero-order valence-electron chi connectivity index (χ0n) is 9.12. The predicted octanol–water partition coefficient (Wildman–Crippen LogP) is 2.59. The van der Waals surface area contributed by atoms with Crippen molar-refractivity contribution in [1.82, 2.24) is 0 Å². The van der Waals surface area contributed by atoms with Gasteiger partial charge in [-0.25, -0.2) is 0 Å². The zero-order valence-corrected chi connectivity index (χ0v) is 9.12. The summed E-state index contributed by atoms with van der Waals surface area (Å²) in [6, 6.07) is 1.92. The Morgan fingerprint density at radius 2 is 2.40 bits per heavy atom. The Balaban J connectivity index is 2.42. The van der Waals surface area contributed by atoms with Crippen molar-refractivity contribution < 1.29 is 14.3 Å². The molecule has 2 rings (SSSR count). The van der Waals surface area contributed by atoms with E-state index in [0.29, 0.717) is 0 Å². The number of carboxylic acids is 1. The third kappa shape index (κ3) is 1.66. The predicted molar refractivity (Wildman–Crippen MR) is 55.9 cm³/mol. The molecule has 0 aliphatic heterocycles. The number of furan rings is 1. The highest BCUT2D eigenvalue weighted by Gasteiger charge is 2.34. The van der Waals surface area contributed by atoms with Gasteiger partial charge >= 0.3 is 5.97 Å². The maximum atomic E-state index is 11.2. The van der Waals surface area contributed by atoms with Gasteiger partial charge in [0.25, 0.3) is 0 Å². The van der Waals surface area contributed by atoms with Crippen LogP contribution in [0.2, 0.25) is 0 Å². The Kier molecular flexibility index (Phi) is 2.55. The SMILES string of the molecule is CCc1cc2c(o1)CCC(C)C2C(=O)O. The average molecular weight is 208 g/mol. The monoisotopic (exact) mass is 208 g/mol. The van der Waals surface area contributed by atoms with Crippen LogP contribution in [0.3, 0.4) is 0 Å². The number of hydrogen-bond acceptors (Lipinski definition) is 2. The van der Waals surface area contributed by atoms with E-state index in [0.717, 1.165) is 36.3 Å². The molecule has 0 aromatic carbocycles. The van der Waals surface area contributed by atoms with Gasteiger partial charge in [0.15, 0.2) is 0 Å². The van der Waals surface area contributed by atoms with Crippen LogP contribution < -0.4 is 0 Å². The standard InChI is InChI=1S/C12H16O3/c1-3-8-6-9-10(15-8)5-4-7(2)11(9)12(13)14/h6-7,11H,3-5H2,1-2H3,(H,13,14). The summed E-state index contributed by atoms with van der Waals surface area (Å²) in [5.41, 5.74) is 0.901. The number of carbonyl (C=O) groups is 1. The van der Waals surface area contributed by atoms with Crippen molar-refractivity contribution in [3.63, 3.8) is 0 Å². The van der Waals surface area contributed by atoms with Crippen molar-refractivity contribution in [2.24, 2.45) is 5.92 Å².